The lowest BCUT2D eigenvalue weighted by Crippen LogP contribution is -2.48. The highest BCUT2D eigenvalue weighted by atomic mass is 16.7. The lowest BCUT2D eigenvalue weighted by molar-refractivity contribution is 0.0625. The fourth-order valence-corrected chi connectivity index (χ4v) is 3.02. The highest BCUT2D eigenvalue weighted by molar-refractivity contribution is 5.95. The zero-order chi connectivity index (χ0) is 17.2. The molecule has 7 heteroatoms. The third-order valence-electron chi connectivity index (χ3n) is 4.48. The normalized spacial score (nSPS) is 16.9. The van der Waals surface area contributed by atoms with Crippen LogP contribution in [0.4, 0.5) is 0 Å². The molecule has 7 nitrogen and oxygen atoms in total. The quantitative estimate of drug-likeness (QED) is 0.843. The third kappa shape index (κ3) is 3.41. The molecule has 0 unspecified atom stereocenters. The Morgan fingerprint density at radius 1 is 1.08 bits per heavy atom. The molecule has 0 N–H and O–H groups in total. The van der Waals surface area contributed by atoms with Gasteiger partial charge >= 0.3 is 0 Å². The molecule has 1 saturated heterocycles. The Hall–Kier alpha value is -2.67. The number of rotatable bonds is 3. The van der Waals surface area contributed by atoms with Gasteiger partial charge in [0.2, 0.25) is 6.79 Å². The van der Waals surface area contributed by atoms with E-state index in [-0.39, 0.29) is 12.7 Å². The van der Waals surface area contributed by atoms with Gasteiger partial charge < -0.3 is 14.4 Å². The molecule has 25 heavy (non-hydrogen) atoms. The van der Waals surface area contributed by atoms with E-state index in [1.165, 1.54) is 0 Å². The first-order valence-corrected chi connectivity index (χ1v) is 8.38. The van der Waals surface area contributed by atoms with Crippen molar-refractivity contribution in [1.82, 2.24) is 19.8 Å². The minimum Gasteiger partial charge on any atom is -0.454 e. The van der Waals surface area contributed by atoms with Crippen LogP contribution in [0.15, 0.2) is 30.6 Å². The summed E-state index contributed by atoms with van der Waals surface area (Å²) in [5, 5.41) is 0. The Morgan fingerprint density at radius 2 is 1.80 bits per heavy atom. The maximum Gasteiger partial charge on any atom is 0.254 e. The Bertz CT molecular complexity index is 770. The Morgan fingerprint density at radius 3 is 2.56 bits per heavy atom. The number of nitrogens with zero attached hydrogens (tertiary/aromatic N) is 4. The number of carbonyl (C=O) groups is 1. The molecule has 4 rings (SSSR count). The zero-order valence-corrected chi connectivity index (χ0v) is 14.1. The van der Waals surface area contributed by atoms with Gasteiger partial charge in [-0.1, -0.05) is 0 Å². The van der Waals surface area contributed by atoms with Gasteiger partial charge in [-0.15, -0.1) is 0 Å². The maximum absolute atomic E-state index is 12.7. The fraction of sp³-hybridized carbons (Fsp3) is 0.389. The Labute approximate surface area is 146 Å². The minimum atomic E-state index is 0.0320. The van der Waals surface area contributed by atoms with Gasteiger partial charge in [0.25, 0.3) is 5.91 Å². The third-order valence-corrected chi connectivity index (χ3v) is 4.48. The van der Waals surface area contributed by atoms with Crippen molar-refractivity contribution in [3.63, 3.8) is 0 Å². The predicted octanol–water partition coefficient (Wildman–Crippen LogP) is 1.47. The van der Waals surface area contributed by atoms with Gasteiger partial charge in [-0.05, 0) is 30.7 Å². The summed E-state index contributed by atoms with van der Waals surface area (Å²) >= 11 is 0. The van der Waals surface area contributed by atoms with Gasteiger partial charge in [0.15, 0.2) is 11.5 Å². The van der Waals surface area contributed by atoms with E-state index in [2.05, 4.69) is 14.9 Å². The van der Waals surface area contributed by atoms with E-state index < -0.39 is 0 Å². The largest absolute Gasteiger partial charge is 0.454 e. The van der Waals surface area contributed by atoms with E-state index >= 15 is 0 Å². The van der Waals surface area contributed by atoms with Crippen LogP contribution >= 0.6 is 0 Å². The van der Waals surface area contributed by atoms with Gasteiger partial charge in [-0.25, -0.2) is 9.97 Å². The number of piperazine rings is 1. The average molecular weight is 340 g/mol. The molecule has 0 spiro atoms. The molecule has 1 aromatic heterocycles. The second-order valence-electron chi connectivity index (χ2n) is 6.31. The first-order chi connectivity index (χ1) is 12.2. The first-order valence-electron chi connectivity index (χ1n) is 8.38. The van der Waals surface area contributed by atoms with Crippen molar-refractivity contribution in [3.8, 4) is 11.5 Å². The number of hydrogen-bond donors (Lipinski definition) is 0. The van der Waals surface area contributed by atoms with Crippen LogP contribution in [0.25, 0.3) is 0 Å². The standard InChI is InChI=1S/C18H20N4O3/c1-13-9-19-17(20-10-13)11-21-4-6-22(7-5-21)18(23)14-2-3-15-16(8-14)25-12-24-15/h2-3,8-10H,4-7,11-12H2,1H3. The van der Waals surface area contributed by atoms with Gasteiger partial charge in [-0.2, -0.15) is 0 Å². The van der Waals surface area contributed by atoms with Crippen molar-refractivity contribution in [2.45, 2.75) is 13.5 Å². The summed E-state index contributed by atoms with van der Waals surface area (Å²) in [6.45, 7) is 5.92. The van der Waals surface area contributed by atoms with Crippen molar-refractivity contribution in [2.24, 2.45) is 0 Å². The molecule has 2 aromatic rings. The van der Waals surface area contributed by atoms with E-state index in [4.69, 9.17) is 9.47 Å². The Kier molecular flexibility index (Phi) is 4.23. The molecule has 0 atom stereocenters. The first kappa shape index (κ1) is 15.8. The van der Waals surface area contributed by atoms with Crippen molar-refractivity contribution < 1.29 is 14.3 Å². The number of amides is 1. The minimum absolute atomic E-state index is 0.0320. The summed E-state index contributed by atoms with van der Waals surface area (Å²) in [6.07, 6.45) is 3.67. The van der Waals surface area contributed by atoms with Crippen LogP contribution in [0.3, 0.4) is 0 Å². The number of carbonyl (C=O) groups excluding carboxylic acids is 1. The molecule has 0 radical (unpaired) electrons. The Balaban J connectivity index is 1.35. The molecule has 3 heterocycles. The van der Waals surface area contributed by atoms with Crippen LogP contribution in [-0.4, -0.2) is 58.6 Å². The average Bonchev–Trinajstić information content (AvgIpc) is 3.11. The van der Waals surface area contributed by atoms with Gasteiger partial charge in [-0.3, -0.25) is 9.69 Å². The van der Waals surface area contributed by atoms with E-state index in [0.717, 1.165) is 24.5 Å². The van der Waals surface area contributed by atoms with Crippen molar-refractivity contribution >= 4 is 5.91 Å². The summed E-state index contributed by atoms with van der Waals surface area (Å²) in [7, 11) is 0. The van der Waals surface area contributed by atoms with E-state index in [9.17, 15) is 4.79 Å². The summed E-state index contributed by atoms with van der Waals surface area (Å²) in [6, 6.07) is 5.35. The lowest BCUT2D eigenvalue weighted by Gasteiger charge is -2.34. The smallest absolute Gasteiger partial charge is 0.254 e. The number of ether oxygens (including phenoxy) is 2. The maximum atomic E-state index is 12.7. The highest BCUT2D eigenvalue weighted by Crippen LogP contribution is 2.32. The number of aryl methyl sites for hydroxylation is 1. The summed E-state index contributed by atoms with van der Waals surface area (Å²) in [4.78, 5) is 25.5. The molecular weight excluding hydrogens is 320 g/mol. The van der Waals surface area contributed by atoms with Gasteiger partial charge in [0, 0.05) is 44.1 Å². The van der Waals surface area contributed by atoms with Crippen LogP contribution < -0.4 is 9.47 Å². The zero-order valence-electron chi connectivity index (χ0n) is 14.1. The molecule has 0 saturated carbocycles. The van der Waals surface area contributed by atoms with Crippen LogP contribution in [0.1, 0.15) is 21.7 Å². The summed E-state index contributed by atoms with van der Waals surface area (Å²) in [5.74, 6) is 2.19. The highest BCUT2D eigenvalue weighted by Gasteiger charge is 2.24. The van der Waals surface area contributed by atoms with E-state index in [1.54, 1.807) is 18.2 Å². The lowest BCUT2D eigenvalue weighted by atomic mass is 10.1. The fourth-order valence-electron chi connectivity index (χ4n) is 3.02. The molecule has 2 aliphatic heterocycles. The number of fused-ring (bicyclic) bond motifs is 1. The van der Waals surface area contributed by atoms with E-state index in [0.29, 0.717) is 36.7 Å². The second kappa shape index (κ2) is 6.68. The SMILES string of the molecule is Cc1cnc(CN2CCN(C(=O)c3ccc4c(c3)OCO4)CC2)nc1. The van der Waals surface area contributed by atoms with Crippen LogP contribution in [-0.2, 0) is 6.54 Å². The molecule has 130 valence electrons. The van der Waals surface area contributed by atoms with Crippen molar-refractivity contribution in [2.75, 3.05) is 33.0 Å². The molecule has 1 fully saturated rings. The van der Waals surface area contributed by atoms with Gasteiger partial charge in [0.1, 0.15) is 5.82 Å². The molecule has 0 aliphatic carbocycles. The van der Waals surface area contributed by atoms with Crippen LogP contribution in [0.5, 0.6) is 11.5 Å². The molecule has 1 amide bonds. The number of benzene rings is 1. The van der Waals surface area contributed by atoms with Gasteiger partial charge in [0.05, 0.1) is 6.54 Å². The van der Waals surface area contributed by atoms with Crippen molar-refractivity contribution in [3.05, 3.63) is 47.5 Å². The van der Waals surface area contributed by atoms with Crippen LogP contribution in [0, 0.1) is 6.92 Å². The molecule has 0 bridgehead atoms. The molecule has 1 aromatic carbocycles. The second-order valence-corrected chi connectivity index (χ2v) is 6.31. The predicted molar refractivity (Wildman–Crippen MR) is 90.5 cm³/mol. The van der Waals surface area contributed by atoms with E-state index in [1.807, 2.05) is 24.2 Å². The van der Waals surface area contributed by atoms with Crippen LogP contribution in [0.2, 0.25) is 0 Å². The summed E-state index contributed by atoms with van der Waals surface area (Å²) < 4.78 is 10.6. The van der Waals surface area contributed by atoms with Crippen molar-refractivity contribution in [1.29, 1.82) is 0 Å². The molecule has 2 aliphatic rings. The topological polar surface area (TPSA) is 67.8 Å². The summed E-state index contributed by atoms with van der Waals surface area (Å²) in [5.41, 5.74) is 1.70. The number of hydrogen-bond acceptors (Lipinski definition) is 6. The molecular formula is C18H20N4O3. The monoisotopic (exact) mass is 340 g/mol. The number of aromatic nitrogens is 2.